The number of benzene rings is 1. The first-order valence-electron chi connectivity index (χ1n) is 5.75. The van der Waals surface area contributed by atoms with Gasteiger partial charge in [0.25, 0.3) is 0 Å². The maximum Gasteiger partial charge on any atom is 0.124 e. The minimum Gasteiger partial charge on any atom is -0.496 e. The number of hydrogen-bond acceptors (Lipinski definition) is 3. The summed E-state index contributed by atoms with van der Waals surface area (Å²) < 4.78 is 5.26. The molecule has 3 heteroatoms. The van der Waals surface area contributed by atoms with Crippen molar-refractivity contribution in [3.8, 4) is 5.75 Å². The van der Waals surface area contributed by atoms with Crippen LogP contribution in [0.1, 0.15) is 43.7 Å². The second-order valence-corrected chi connectivity index (χ2v) is 3.90. The quantitative estimate of drug-likeness (QED) is 0.754. The summed E-state index contributed by atoms with van der Waals surface area (Å²) in [6.45, 7) is 4.80. The standard InChI is InChI=1S/C13H21NO2/c1-4-10(5-2)11-6-7-13(15-3)12(8-11)9-16-14/h6-8,10H,4-5,9,14H2,1-3H3. The third kappa shape index (κ3) is 2.97. The van der Waals surface area contributed by atoms with Crippen LogP contribution in [0.25, 0.3) is 0 Å². The predicted molar refractivity (Wildman–Crippen MR) is 65.3 cm³/mol. The third-order valence-electron chi connectivity index (χ3n) is 3.00. The highest BCUT2D eigenvalue weighted by molar-refractivity contribution is 5.38. The largest absolute Gasteiger partial charge is 0.496 e. The van der Waals surface area contributed by atoms with Gasteiger partial charge in [-0.2, -0.15) is 0 Å². The van der Waals surface area contributed by atoms with Crippen molar-refractivity contribution in [3.63, 3.8) is 0 Å². The van der Waals surface area contributed by atoms with Crippen LogP contribution in [0.3, 0.4) is 0 Å². The second-order valence-electron chi connectivity index (χ2n) is 3.90. The molecule has 0 unspecified atom stereocenters. The van der Waals surface area contributed by atoms with Crippen LogP contribution in [0.5, 0.6) is 5.75 Å². The van der Waals surface area contributed by atoms with E-state index in [1.54, 1.807) is 7.11 Å². The predicted octanol–water partition coefficient (Wildman–Crippen LogP) is 2.99. The van der Waals surface area contributed by atoms with E-state index < -0.39 is 0 Å². The van der Waals surface area contributed by atoms with Gasteiger partial charge in [-0.3, -0.25) is 4.84 Å². The lowest BCUT2D eigenvalue weighted by molar-refractivity contribution is 0.122. The average Bonchev–Trinajstić information content (AvgIpc) is 2.31. The van der Waals surface area contributed by atoms with E-state index in [1.165, 1.54) is 5.56 Å². The molecule has 3 nitrogen and oxygen atoms in total. The number of hydrogen-bond donors (Lipinski definition) is 1. The van der Waals surface area contributed by atoms with E-state index in [-0.39, 0.29) is 0 Å². The molecule has 0 aromatic heterocycles. The Morgan fingerprint density at radius 1 is 1.25 bits per heavy atom. The van der Waals surface area contributed by atoms with Gasteiger partial charge in [-0.1, -0.05) is 19.9 Å². The van der Waals surface area contributed by atoms with Crippen molar-refractivity contribution in [2.75, 3.05) is 7.11 Å². The zero-order chi connectivity index (χ0) is 12.0. The van der Waals surface area contributed by atoms with Gasteiger partial charge in [0, 0.05) is 5.56 Å². The Morgan fingerprint density at radius 3 is 2.44 bits per heavy atom. The maximum absolute atomic E-state index is 5.26. The Kier molecular flexibility index (Phi) is 5.29. The monoisotopic (exact) mass is 223 g/mol. The van der Waals surface area contributed by atoms with Crippen molar-refractivity contribution in [2.24, 2.45) is 5.90 Å². The lowest BCUT2D eigenvalue weighted by atomic mass is 9.92. The van der Waals surface area contributed by atoms with E-state index in [0.717, 1.165) is 24.2 Å². The lowest BCUT2D eigenvalue weighted by Crippen LogP contribution is -2.03. The van der Waals surface area contributed by atoms with E-state index in [1.807, 2.05) is 6.07 Å². The van der Waals surface area contributed by atoms with Crippen LogP contribution in [0, 0.1) is 0 Å². The van der Waals surface area contributed by atoms with Gasteiger partial charge in [-0.25, -0.2) is 5.90 Å². The summed E-state index contributed by atoms with van der Waals surface area (Å²) in [6, 6.07) is 6.24. The summed E-state index contributed by atoms with van der Waals surface area (Å²) in [6.07, 6.45) is 2.29. The van der Waals surface area contributed by atoms with E-state index in [9.17, 15) is 0 Å². The molecule has 0 aliphatic rings. The highest BCUT2D eigenvalue weighted by atomic mass is 16.6. The molecule has 0 radical (unpaired) electrons. The normalized spacial score (nSPS) is 10.8. The van der Waals surface area contributed by atoms with Crippen LogP contribution in [0.15, 0.2) is 18.2 Å². The molecule has 0 fully saturated rings. The zero-order valence-electron chi connectivity index (χ0n) is 10.3. The van der Waals surface area contributed by atoms with E-state index >= 15 is 0 Å². The molecule has 2 N–H and O–H groups in total. The van der Waals surface area contributed by atoms with Gasteiger partial charge in [0.15, 0.2) is 0 Å². The molecule has 1 aromatic carbocycles. The minimum atomic E-state index is 0.386. The van der Waals surface area contributed by atoms with Crippen LogP contribution in [-0.2, 0) is 11.4 Å². The Bertz CT molecular complexity index is 322. The molecule has 0 saturated carbocycles. The number of rotatable bonds is 6. The summed E-state index contributed by atoms with van der Waals surface area (Å²) in [5.74, 6) is 6.55. The Labute approximate surface area is 97.5 Å². The summed E-state index contributed by atoms with van der Waals surface area (Å²) in [4.78, 5) is 4.69. The number of nitrogens with two attached hydrogens (primary N) is 1. The molecule has 0 spiro atoms. The van der Waals surface area contributed by atoms with Crippen molar-refractivity contribution in [1.82, 2.24) is 0 Å². The molecule has 0 amide bonds. The highest BCUT2D eigenvalue weighted by Crippen LogP contribution is 2.28. The second kappa shape index (κ2) is 6.51. The Balaban J connectivity index is 3.00. The smallest absolute Gasteiger partial charge is 0.124 e. The first kappa shape index (κ1) is 13.0. The van der Waals surface area contributed by atoms with Gasteiger partial charge in [0.2, 0.25) is 0 Å². The Hall–Kier alpha value is -1.06. The van der Waals surface area contributed by atoms with E-state index in [0.29, 0.717) is 12.5 Å². The van der Waals surface area contributed by atoms with Crippen LogP contribution in [0.4, 0.5) is 0 Å². The average molecular weight is 223 g/mol. The number of methoxy groups -OCH3 is 1. The molecular weight excluding hydrogens is 202 g/mol. The molecule has 16 heavy (non-hydrogen) atoms. The van der Waals surface area contributed by atoms with Crippen LogP contribution in [-0.4, -0.2) is 7.11 Å². The summed E-state index contributed by atoms with van der Waals surface area (Å²) in [5.41, 5.74) is 2.34. The minimum absolute atomic E-state index is 0.386. The van der Waals surface area contributed by atoms with Crippen molar-refractivity contribution in [3.05, 3.63) is 29.3 Å². The molecule has 0 bridgehead atoms. The highest BCUT2D eigenvalue weighted by Gasteiger charge is 2.10. The summed E-state index contributed by atoms with van der Waals surface area (Å²) in [5, 5.41) is 0. The van der Waals surface area contributed by atoms with Crippen LogP contribution in [0.2, 0.25) is 0 Å². The number of ether oxygens (including phenoxy) is 1. The molecule has 1 rings (SSSR count). The van der Waals surface area contributed by atoms with Gasteiger partial charge in [0.1, 0.15) is 5.75 Å². The van der Waals surface area contributed by atoms with E-state index in [4.69, 9.17) is 15.5 Å². The molecule has 0 heterocycles. The molecule has 0 atom stereocenters. The van der Waals surface area contributed by atoms with Crippen molar-refractivity contribution in [2.45, 2.75) is 39.2 Å². The fourth-order valence-corrected chi connectivity index (χ4v) is 2.02. The van der Waals surface area contributed by atoms with Gasteiger partial charge in [-0.15, -0.1) is 0 Å². The SMILES string of the molecule is CCC(CC)c1ccc(OC)c(CON)c1. The van der Waals surface area contributed by atoms with Gasteiger partial charge >= 0.3 is 0 Å². The summed E-state index contributed by atoms with van der Waals surface area (Å²) >= 11 is 0. The molecule has 0 aliphatic carbocycles. The van der Waals surface area contributed by atoms with Gasteiger partial charge < -0.3 is 4.74 Å². The van der Waals surface area contributed by atoms with Crippen molar-refractivity contribution in [1.29, 1.82) is 0 Å². The fraction of sp³-hybridized carbons (Fsp3) is 0.538. The molecule has 0 aliphatic heterocycles. The van der Waals surface area contributed by atoms with Gasteiger partial charge in [0.05, 0.1) is 13.7 Å². The molecular formula is C13H21NO2. The third-order valence-corrected chi connectivity index (χ3v) is 3.00. The van der Waals surface area contributed by atoms with Gasteiger partial charge in [-0.05, 0) is 36.5 Å². The zero-order valence-corrected chi connectivity index (χ0v) is 10.3. The maximum atomic E-state index is 5.26. The van der Waals surface area contributed by atoms with Crippen molar-refractivity contribution >= 4 is 0 Å². The molecule has 1 aromatic rings. The van der Waals surface area contributed by atoms with Crippen molar-refractivity contribution < 1.29 is 9.57 Å². The first-order valence-corrected chi connectivity index (χ1v) is 5.75. The molecule has 90 valence electrons. The fourth-order valence-electron chi connectivity index (χ4n) is 2.02. The molecule has 0 saturated heterocycles. The van der Waals surface area contributed by atoms with Crippen LogP contribution >= 0.6 is 0 Å². The first-order chi connectivity index (χ1) is 7.76. The Morgan fingerprint density at radius 2 is 1.94 bits per heavy atom. The van der Waals surface area contributed by atoms with Crippen LogP contribution < -0.4 is 10.6 Å². The lowest BCUT2D eigenvalue weighted by Gasteiger charge is -2.15. The van der Waals surface area contributed by atoms with E-state index in [2.05, 4.69) is 26.0 Å². The summed E-state index contributed by atoms with van der Waals surface area (Å²) in [7, 11) is 1.66. The topological polar surface area (TPSA) is 44.5 Å².